The van der Waals surface area contributed by atoms with E-state index in [1.807, 2.05) is 31.2 Å². The number of hydrogen-bond donors (Lipinski definition) is 3. The molecule has 2 bridgehead atoms. The average Bonchev–Trinajstić information content (AvgIpc) is 2.83. The van der Waals surface area contributed by atoms with Crippen LogP contribution in [-0.4, -0.2) is 32.6 Å². The number of rotatable bonds is 6. The van der Waals surface area contributed by atoms with E-state index in [1.165, 1.54) is 12.1 Å². The van der Waals surface area contributed by atoms with Crippen LogP contribution in [0.15, 0.2) is 77.7 Å². The Morgan fingerprint density at radius 1 is 1.14 bits per heavy atom. The molecule has 0 aromatic heterocycles. The summed E-state index contributed by atoms with van der Waals surface area (Å²) in [6.45, 7) is 2.23. The summed E-state index contributed by atoms with van der Waals surface area (Å²) >= 11 is 0. The molecule has 0 aliphatic carbocycles. The van der Waals surface area contributed by atoms with Gasteiger partial charge in [0.15, 0.2) is 5.72 Å². The number of sulfonamides is 1. The molecule has 0 radical (unpaired) electrons. The Labute approximate surface area is 209 Å². The monoisotopic (exact) mass is 506 g/mol. The number of ether oxygens (including phenoxy) is 1. The molecule has 2 aliphatic rings. The molecule has 1 saturated heterocycles. The molecule has 3 amide bonds. The summed E-state index contributed by atoms with van der Waals surface area (Å²) in [5.41, 5.74) is 1.87. The van der Waals surface area contributed by atoms with Crippen molar-refractivity contribution >= 4 is 27.6 Å². The minimum Gasteiger partial charge on any atom is -0.467 e. The van der Waals surface area contributed by atoms with Gasteiger partial charge in [-0.05, 0) is 55.3 Å². The Morgan fingerprint density at radius 2 is 1.89 bits per heavy atom. The molecule has 9 nitrogen and oxygen atoms in total. The molecule has 4 N–H and O–H groups in total. The van der Waals surface area contributed by atoms with Crippen molar-refractivity contribution in [1.29, 1.82) is 0 Å². The van der Waals surface area contributed by atoms with Gasteiger partial charge in [0.05, 0.1) is 16.6 Å². The van der Waals surface area contributed by atoms with Gasteiger partial charge in [0.1, 0.15) is 5.75 Å². The lowest BCUT2D eigenvalue weighted by Gasteiger charge is -2.50. The number of fused-ring (bicyclic) bond motifs is 4. The average molecular weight is 507 g/mol. The van der Waals surface area contributed by atoms with Gasteiger partial charge in [-0.15, -0.1) is 0 Å². The standard InChI is InChI=1S/C26H26N4O5S/c1-26-16-22(21-7-2-3-8-23(21)35-26)29-25(32)30(26)19-6-4-5-18(15-19)24(31)28-14-13-17-9-11-20(12-10-17)36(27,33)34/h2-12,15,22H,13-14,16H2,1H3,(H,28,31)(H,29,32)(H2,27,33,34)/t22-,26-/m1/s1. The second-order valence-electron chi connectivity index (χ2n) is 9.10. The smallest absolute Gasteiger partial charge is 0.325 e. The van der Waals surface area contributed by atoms with Crippen LogP contribution < -0.4 is 25.4 Å². The van der Waals surface area contributed by atoms with Gasteiger partial charge in [0.25, 0.3) is 5.91 Å². The molecule has 186 valence electrons. The SMILES string of the molecule is C[C@@]12C[C@@H](NC(=O)N1c1cccc(C(=O)NCCc3ccc(S(N)(=O)=O)cc3)c1)c1ccccc1O2. The Bertz CT molecular complexity index is 1440. The number of benzene rings is 3. The third-order valence-electron chi connectivity index (χ3n) is 6.50. The summed E-state index contributed by atoms with van der Waals surface area (Å²) in [5, 5.41) is 11.0. The third-order valence-corrected chi connectivity index (χ3v) is 7.43. The van der Waals surface area contributed by atoms with E-state index in [-0.39, 0.29) is 22.9 Å². The first kappa shape index (κ1) is 23.8. The van der Waals surface area contributed by atoms with Crippen molar-refractivity contribution in [2.45, 2.75) is 36.4 Å². The lowest BCUT2D eigenvalue weighted by atomic mass is 9.90. The number of amides is 3. The first-order valence-electron chi connectivity index (χ1n) is 11.5. The predicted molar refractivity (Wildman–Crippen MR) is 134 cm³/mol. The number of carbonyl (C=O) groups excluding carboxylic acids is 2. The number of urea groups is 1. The molecule has 0 spiro atoms. The van der Waals surface area contributed by atoms with E-state index in [0.717, 1.165) is 16.9 Å². The summed E-state index contributed by atoms with van der Waals surface area (Å²) in [6, 6.07) is 20.3. The normalized spacial score (nSPS) is 20.7. The van der Waals surface area contributed by atoms with Crippen molar-refractivity contribution in [3.63, 3.8) is 0 Å². The maximum absolute atomic E-state index is 13.1. The third kappa shape index (κ3) is 4.52. The molecular weight excluding hydrogens is 480 g/mol. The molecule has 1 fully saturated rings. The van der Waals surface area contributed by atoms with E-state index in [9.17, 15) is 18.0 Å². The molecule has 3 aromatic carbocycles. The van der Waals surface area contributed by atoms with Crippen LogP contribution in [0.25, 0.3) is 0 Å². The Balaban J connectivity index is 1.28. The van der Waals surface area contributed by atoms with Gasteiger partial charge in [-0.1, -0.05) is 36.4 Å². The molecule has 10 heteroatoms. The van der Waals surface area contributed by atoms with E-state index in [2.05, 4.69) is 10.6 Å². The molecule has 2 heterocycles. The van der Waals surface area contributed by atoms with Crippen molar-refractivity contribution in [1.82, 2.24) is 10.6 Å². The van der Waals surface area contributed by atoms with Gasteiger partial charge in [-0.3, -0.25) is 9.69 Å². The molecular formula is C26H26N4O5S. The van der Waals surface area contributed by atoms with Crippen molar-refractivity contribution in [2.24, 2.45) is 5.14 Å². The summed E-state index contributed by atoms with van der Waals surface area (Å²) in [7, 11) is -3.74. The van der Waals surface area contributed by atoms with Gasteiger partial charge in [-0.2, -0.15) is 0 Å². The molecule has 0 saturated carbocycles. The number of anilines is 1. The number of hydrogen-bond acceptors (Lipinski definition) is 5. The maximum atomic E-state index is 13.1. The van der Waals surface area contributed by atoms with Crippen LogP contribution in [0.3, 0.4) is 0 Å². The summed E-state index contributed by atoms with van der Waals surface area (Å²) in [6.07, 6.45) is 1.08. The van der Waals surface area contributed by atoms with Crippen LogP contribution in [0, 0.1) is 0 Å². The van der Waals surface area contributed by atoms with Crippen molar-refractivity contribution < 1.29 is 22.7 Å². The summed E-state index contributed by atoms with van der Waals surface area (Å²) < 4.78 is 29.1. The Morgan fingerprint density at radius 3 is 2.64 bits per heavy atom. The van der Waals surface area contributed by atoms with E-state index in [1.54, 1.807) is 41.3 Å². The second kappa shape index (κ2) is 8.96. The lowest BCUT2D eigenvalue weighted by molar-refractivity contribution is 0.0378. The zero-order valence-corrected chi connectivity index (χ0v) is 20.4. The van der Waals surface area contributed by atoms with Crippen molar-refractivity contribution in [3.05, 3.63) is 89.5 Å². The minimum atomic E-state index is -3.74. The topological polar surface area (TPSA) is 131 Å². The van der Waals surface area contributed by atoms with E-state index in [0.29, 0.717) is 30.6 Å². The van der Waals surface area contributed by atoms with Gasteiger partial charge in [0, 0.05) is 24.1 Å². The quantitative estimate of drug-likeness (QED) is 0.473. The number of carbonyl (C=O) groups is 2. The predicted octanol–water partition coefficient (Wildman–Crippen LogP) is 3.08. The fraction of sp³-hybridized carbons (Fsp3) is 0.231. The highest BCUT2D eigenvalue weighted by Crippen LogP contribution is 2.45. The van der Waals surface area contributed by atoms with Crippen LogP contribution in [0.1, 0.15) is 40.9 Å². The van der Waals surface area contributed by atoms with Gasteiger partial charge in [0.2, 0.25) is 10.0 Å². The lowest BCUT2D eigenvalue weighted by Crippen LogP contribution is -2.65. The minimum absolute atomic E-state index is 0.0410. The zero-order chi connectivity index (χ0) is 25.5. The summed E-state index contributed by atoms with van der Waals surface area (Å²) in [5.74, 6) is 0.445. The fourth-order valence-corrected chi connectivity index (χ4v) is 5.28. The van der Waals surface area contributed by atoms with Gasteiger partial charge < -0.3 is 15.4 Å². The molecule has 5 rings (SSSR count). The highest BCUT2D eigenvalue weighted by atomic mass is 32.2. The Kier molecular flexibility index (Phi) is 5.93. The van der Waals surface area contributed by atoms with Crippen LogP contribution in [-0.2, 0) is 16.4 Å². The fourth-order valence-electron chi connectivity index (χ4n) is 4.77. The summed E-state index contributed by atoms with van der Waals surface area (Å²) in [4.78, 5) is 27.5. The van der Waals surface area contributed by atoms with E-state index in [4.69, 9.17) is 9.88 Å². The Hall–Kier alpha value is -3.89. The van der Waals surface area contributed by atoms with Crippen LogP contribution in [0.2, 0.25) is 0 Å². The largest absolute Gasteiger partial charge is 0.467 e. The van der Waals surface area contributed by atoms with Crippen LogP contribution in [0.4, 0.5) is 10.5 Å². The van der Waals surface area contributed by atoms with Crippen LogP contribution in [0.5, 0.6) is 5.75 Å². The number of para-hydroxylation sites is 1. The highest BCUT2D eigenvalue weighted by molar-refractivity contribution is 7.89. The first-order chi connectivity index (χ1) is 17.1. The van der Waals surface area contributed by atoms with Crippen LogP contribution >= 0.6 is 0 Å². The second-order valence-corrected chi connectivity index (χ2v) is 10.7. The van der Waals surface area contributed by atoms with Crippen molar-refractivity contribution in [2.75, 3.05) is 11.4 Å². The molecule has 3 aromatic rings. The number of nitrogens with one attached hydrogen (secondary N) is 2. The molecule has 2 atom stereocenters. The van der Waals surface area contributed by atoms with Gasteiger partial charge >= 0.3 is 6.03 Å². The molecule has 0 unspecified atom stereocenters. The highest BCUT2D eigenvalue weighted by Gasteiger charge is 2.49. The number of nitrogens with zero attached hydrogens (tertiary/aromatic N) is 1. The van der Waals surface area contributed by atoms with Crippen molar-refractivity contribution in [3.8, 4) is 5.75 Å². The molecule has 2 aliphatic heterocycles. The number of nitrogens with two attached hydrogens (primary N) is 1. The zero-order valence-electron chi connectivity index (χ0n) is 19.6. The number of primary sulfonamides is 1. The first-order valence-corrected chi connectivity index (χ1v) is 13.1. The van der Waals surface area contributed by atoms with E-state index < -0.39 is 15.7 Å². The molecule has 36 heavy (non-hydrogen) atoms. The van der Waals surface area contributed by atoms with Gasteiger partial charge in [-0.25, -0.2) is 18.4 Å². The van der Waals surface area contributed by atoms with E-state index >= 15 is 0 Å². The maximum Gasteiger partial charge on any atom is 0.325 e.